The van der Waals surface area contributed by atoms with Crippen molar-refractivity contribution in [3.05, 3.63) is 23.8 Å². The first kappa shape index (κ1) is 21.3. The number of ether oxygens (including phenoxy) is 2. The molecule has 0 fully saturated rings. The van der Waals surface area contributed by atoms with Gasteiger partial charge in [-0.05, 0) is 52.8 Å². The normalized spacial score (nSPS) is 11.9. The van der Waals surface area contributed by atoms with Crippen LogP contribution in [0.2, 0.25) is 0 Å². The van der Waals surface area contributed by atoms with E-state index in [4.69, 9.17) is 9.47 Å². The number of amides is 2. The van der Waals surface area contributed by atoms with E-state index < -0.39 is 29.6 Å². The number of hydrogen-bond acceptors (Lipinski definition) is 6. The summed E-state index contributed by atoms with van der Waals surface area (Å²) >= 11 is 0. The van der Waals surface area contributed by atoms with E-state index in [1.807, 2.05) is 6.92 Å². The summed E-state index contributed by atoms with van der Waals surface area (Å²) in [5, 5.41) is 8.27. The van der Waals surface area contributed by atoms with Gasteiger partial charge in [-0.3, -0.25) is 4.79 Å². The molecule has 3 N–H and O–H groups in total. The van der Waals surface area contributed by atoms with E-state index in [0.717, 1.165) is 0 Å². The van der Waals surface area contributed by atoms with Gasteiger partial charge in [0.15, 0.2) is 0 Å². The summed E-state index contributed by atoms with van der Waals surface area (Å²) in [5.74, 6) is -0.958. The number of methoxy groups -OCH3 is 1. The third kappa shape index (κ3) is 6.62. The van der Waals surface area contributed by atoms with Crippen LogP contribution in [0.5, 0.6) is 0 Å². The summed E-state index contributed by atoms with van der Waals surface area (Å²) in [6.07, 6.45) is -0.685. The molecule has 1 aromatic carbocycles. The van der Waals surface area contributed by atoms with E-state index in [2.05, 4.69) is 16.0 Å². The average molecular weight is 365 g/mol. The SMILES string of the molecule is CCNc1ccc(C(=O)OC)cc1NC(=O)C(C)NC(=O)OC(C)(C)C. The number of nitrogens with one attached hydrogen (secondary N) is 3. The van der Waals surface area contributed by atoms with Gasteiger partial charge in [-0.2, -0.15) is 0 Å². The van der Waals surface area contributed by atoms with Crippen LogP contribution in [0.1, 0.15) is 45.0 Å². The number of carbonyl (C=O) groups is 3. The summed E-state index contributed by atoms with van der Waals surface area (Å²) in [6.45, 7) is 9.28. The predicted octanol–water partition coefficient (Wildman–Crippen LogP) is 2.76. The maximum absolute atomic E-state index is 12.4. The average Bonchev–Trinajstić information content (AvgIpc) is 2.53. The Morgan fingerprint density at radius 3 is 2.35 bits per heavy atom. The standard InChI is InChI=1S/C18H27N3O5/c1-7-19-13-9-8-12(16(23)25-6)10-14(13)21-15(22)11(2)20-17(24)26-18(3,4)5/h8-11,19H,7H2,1-6H3,(H,20,24)(H,21,22). The lowest BCUT2D eigenvalue weighted by molar-refractivity contribution is -0.117. The Hall–Kier alpha value is -2.77. The van der Waals surface area contributed by atoms with E-state index in [-0.39, 0.29) is 0 Å². The highest BCUT2D eigenvalue weighted by atomic mass is 16.6. The molecule has 0 bridgehead atoms. The zero-order chi connectivity index (χ0) is 19.9. The summed E-state index contributed by atoms with van der Waals surface area (Å²) in [7, 11) is 1.28. The second-order valence-electron chi connectivity index (χ2n) is 6.64. The third-order valence-corrected chi connectivity index (χ3v) is 3.19. The minimum atomic E-state index is -0.832. The lowest BCUT2D eigenvalue weighted by atomic mass is 10.1. The summed E-state index contributed by atoms with van der Waals surface area (Å²) in [6, 6.07) is 3.96. The molecule has 1 atom stereocenters. The number of hydrogen-bond donors (Lipinski definition) is 3. The van der Waals surface area contributed by atoms with Gasteiger partial charge < -0.3 is 25.4 Å². The molecule has 26 heavy (non-hydrogen) atoms. The topological polar surface area (TPSA) is 106 Å². The van der Waals surface area contributed by atoms with Crippen LogP contribution in [0.15, 0.2) is 18.2 Å². The van der Waals surface area contributed by atoms with Crippen LogP contribution in [0, 0.1) is 0 Å². The van der Waals surface area contributed by atoms with Gasteiger partial charge in [0.05, 0.1) is 24.0 Å². The van der Waals surface area contributed by atoms with E-state index in [0.29, 0.717) is 23.5 Å². The molecule has 8 heteroatoms. The maximum atomic E-state index is 12.4. The van der Waals surface area contributed by atoms with Gasteiger partial charge in [-0.15, -0.1) is 0 Å². The number of benzene rings is 1. The van der Waals surface area contributed by atoms with E-state index in [1.165, 1.54) is 20.1 Å². The van der Waals surface area contributed by atoms with Crippen molar-refractivity contribution in [2.24, 2.45) is 0 Å². The molecule has 0 aliphatic heterocycles. The Bertz CT molecular complexity index is 667. The van der Waals surface area contributed by atoms with Crippen LogP contribution in [0.25, 0.3) is 0 Å². The number of rotatable bonds is 6. The molecule has 1 aromatic rings. The highest BCUT2D eigenvalue weighted by Crippen LogP contribution is 2.24. The zero-order valence-corrected chi connectivity index (χ0v) is 16.1. The van der Waals surface area contributed by atoms with Crippen LogP contribution >= 0.6 is 0 Å². The van der Waals surface area contributed by atoms with Gasteiger partial charge >= 0.3 is 12.1 Å². The zero-order valence-electron chi connectivity index (χ0n) is 16.1. The third-order valence-electron chi connectivity index (χ3n) is 3.19. The summed E-state index contributed by atoms with van der Waals surface area (Å²) in [5.41, 5.74) is 0.709. The molecule has 1 unspecified atom stereocenters. The molecular weight excluding hydrogens is 338 g/mol. The smallest absolute Gasteiger partial charge is 0.408 e. The van der Waals surface area contributed by atoms with Gasteiger partial charge in [-0.1, -0.05) is 0 Å². The maximum Gasteiger partial charge on any atom is 0.408 e. The molecule has 0 saturated heterocycles. The highest BCUT2D eigenvalue weighted by molar-refractivity contribution is 6.00. The van der Waals surface area contributed by atoms with Crippen molar-refractivity contribution < 1.29 is 23.9 Å². The quantitative estimate of drug-likeness (QED) is 0.670. The molecule has 2 amide bonds. The summed E-state index contributed by atoms with van der Waals surface area (Å²) in [4.78, 5) is 35.9. The first-order valence-electron chi connectivity index (χ1n) is 8.34. The fourth-order valence-corrected chi connectivity index (χ4v) is 2.03. The lowest BCUT2D eigenvalue weighted by Crippen LogP contribution is -2.44. The minimum absolute atomic E-state index is 0.303. The van der Waals surface area contributed by atoms with Crippen molar-refractivity contribution in [1.29, 1.82) is 0 Å². The fourth-order valence-electron chi connectivity index (χ4n) is 2.03. The predicted molar refractivity (Wildman–Crippen MR) is 99.4 cm³/mol. The summed E-state index contributed by atoms with van der Waals surface area (Å²) < 4.78 is 9.83. The highest BCUT2D eigenvalue weighted by Gasteiger charge is 2.22. The van der Waals surface area contributed by atoms with Gasteiger partial charge in [0.25, 0.3) is 0 Å². The molecule has 8 nitrogen and oxygen atoms in total. The molecule has 0 radical (unpaired) electrons. The number of alkyl carbamates (subject to hydrolysis) is 1. The molecular formula is C18H27N3O5. The molecule has 144 valence electrons. The van der Waals surface area contributed by atoms with Crippen molar-refractivity contribution in [2.75, 3.05) is 24.3 Å². The second-order valence-corrected chi connectivity index (χ2v) is 6.64. The fraction of sp³-hybridized carbons (Fsp3) is 0.500. The van der Waals surface area contributed by atoms with Crippen molar-refractivity contribution in [2.45, 2.75) is 46.3 Å². The Balaban J connectivity index is 2.89. The molecule has 0 heterocycles. The van der Waals surface area contributed by atoms with Gasteiger partial charge in [-0.25, -0.2) is 9.59 Å². The van der Waals surface area contributed by atoms with E-state index in [9.17, 15) is 14.4 Å². The van der Waals surface area contributed by atoms with Gasteiger partial charge in [0.1, 0.15) is 11.6 Å². The number of carbonyl (C=O) groups excluding carboxylic acids is 3. The Labute approximate surface area is 153 Å². The number of esters is 1. The van der Waals surface area contributed by atoms with Gasteiger partial charge in [0, 0.05) is 6.54 Å². The van der Waals surface area contributed by atoms with Crippen molar-refractivity contribution in [3.8, 4) is 0 Å². The van der Waals surface area contributed by atoms with Crippen LogP contribution in [0.3, 0.4) is 0 Å². The Kier molecular flexibility index (Phi) is 7.42. The minimum Gasteiger partial charge on any atom is -0.465 e. The van der Waals surface area contributed by atoms with Crippen molar-refractivity contribution in [1.82, 2.24) is 5.32 Å². The Morgan fingerprint density at radius 1 is 1.15 bits per heavy atom. The lowest BCUT2D eigenvalue weighted by Gasteiger charge is -2.22. The monoisotopic (exact) mass is 365 g/mol. The molecule has 0 spiro atoms. The molecule has 0 saturated carbocycles. The van der Waals surface area contributed by atoms with Crippen LogP contribution in [-0.2, 0) is 14.3 Å². The van der Waals surface area contributed by atoms with Crippen molar-refractivity contribution >= 4 is 29.3 Å². The van der Waals surface area contributed by atoms with Crippen LogP contribution in [-0.4, -0.2) is 43.3 Å². The van der Waals surface area contributed by atoms with E-state index >= 15 is 0 Å². The number of anilines is 2. The van der Waals surface area contributed by atoms with Gasteiger partial charge in [0.2, 0.25) is 5.91 Å². The molecule has 0 aliphatic rings. The first-order chi connectivity index (χ1) is 12.1. The molecule has 0 aliphatic carbocycles. The second kappa shape index (κ2) is 9.07. The van der Waals surface area contributed by atoms with Crippen LogP contribution < -0.4 is 16.0 Å². The molecule has 0 aromatic heterocycles. The van der Waals surface area contributed by atoms with E-state index in [1.54, 1.807) is 32.9 Å². The molecule has 1 rings (SSSR count). The first-order valence-corrected chi connectivity index (χ1v) is 8.34. The Morgan fingerprint density at radius 2 is 1.81 bits per heavy atom. The van der Waals surface area contributed by atoms with Crippen LogP contribution in [0.4, 0.5) is 16.2 Å². The largest absolute Gasteiger partial charge is 0.465 e. The van der Waals surface area contributed by atoms with Crippen molar-refractivity contribution in [3.63, 3.8) is 0 Å².